The molecule has 28 heavy (non-hydrogen) atoms. The molecule has 3 aromatic rings. The van der Waals surface area contributed by atoms with E-state index in [1.165, 1.54) is 10.9 Å². The Bertz CT molecular complexity index is 1000. The van der Waals surface area contributed by atoms with E-state index in [9.17, 15) is 9.90 Å². The molecule has 0 atom stereocenters. The number of carbonyl (C=O) groups is 1. The molecule has 0 unspecified atom stereocenters. The van der Waals surface area contributed by atoms with Gasteiger partial charge in [0.25, 0.3) is 5.91 Å². The van der Waals surface area contributed by atoms with Crippen molar-refractivity contribution in [2.75, 3.05) is 20.2 Å². The second-order valence-corrected chi connectivity index (χ2v) is 7.43. The Morgan fingerprint density at radius 3 is 2.71 bits per heavy atom. The minimum absolute atomic E-state index is 0.0630. The van der Waals surface area contributed by atoms with Gasteiger partial charge in [0.2, 0.25) is 0 Å². The summed E-state index contributed by atoms with van der Waals surface area (Å²) in [4.78, 5) is 18.1. The number of aromatic nitrogens is 1. The highest BCUT2D eigenvalue weighted by Crippen LogP contribution is 2.35. The molecule has 4 rings (SSSR count). The lowest BCUT2D eigenvalue weighted by Crippen LogP contribution is -2.38. The molecule has 0 aliphatic carbocycles. The maximum absolute atomic E-state index is 12.9. The van der Waals surface area contributed by atoms with E-state index in [4.69, 9.17) is 4.74 Å². The average Bonchev–Trinajstić information content (AvgIpc) is 3.17. The van der Waals surface area contributed by atoms with Gasteiger partial charge in [-0.15, -0.1) is 0 Å². The fourth-order valence-electron chi connectivity index (χ4n) is 4.12. The van der Waals surface area contributed by atoms with Gasteiger partial charge in [0.05, 0.1) is 12.7 Å². The van der Waals surface area contributed by atoms with Crippen LogP contribution in [0, 0.1) is 0 Å². The molecular formula is C23H26N2O3. The van der Waals surface area contributed by atoms with E-state index in [1.807, 2.05) is 36.1 Å². The Kier molecular flexibility index (Phi) is 4.99. The maximum Gasteiger partial charge on any atom is 0.257 e. The summed E-state index contributed by atoms with van der Waals surface area (Å²) in [6.45, 7) is 3.42. The number of nitrogens with one attached hydrogen (secondary N) is 1. The number of rotatable bonds is 4. The average molecular weight is 378 g/mol. The van der Waals surface area contributed by atoms with Crippen LogP contribution >= 0.6 is 0 Å². The van der Waals surface area contributed by atoms with E-state index >= 15 is 0 Å². The van der Waals surface area contributed by atoms with Crippen LogP contribution < -0.4 is 4.74 Å². The van der Waals surface area contributed by atoms with Crippen molar-refractivity contribution >= 4 is 16.8 Å². The van der Waals surface area contributed by atoms with Gasteiger partial charge in [0, 0.05) is 30.2 Å². The number of nitrogens with zero attached hydrogens (tertiary/aromatic N) is 1. The molecule has 0 spiro atoms. The third-order valence-corrected chi connectivity index (χ3v) is 5.84. The van der Waals surface area contributed by atoms with Crippen LogP contribution in [0.25, 0.3) is 10.9 Å². The molecule has 1 aliphatic heterocycles. The summed E-state index contributed by atoms with van der Waals surface area (Å²) in [6, 6.07) is 11.4. The number of phenolic OH excluding ortho intramolecular Hbond substituents is 1. The lowest BCUT2D eigenvalue weighted by molar-refractivity contribution is 0.0710. The first-order valence-corrected chi connectivity index (χ1v) is 9.87. The standard InChI is InChI=1S/C23H26N2O3/c1-3-15-4-7-22(26)19(12-15)23(27)25-10-8-16(9-11-25)20-14-24-21-6-5-17(28-2)13-18(20)21/h4-7,12-14,16,24,26H,3,8-11H2,1-2H3. The van der Waals surface area contributed by atoms with Crippen LogP contribution in [0.2, 0.25) is 0 Å². The number of piperidine rings is 1. The van der Waals surface area contributed by atoms with Crippen molar-refractivity contribution in [1.29, 1.82) is 0 Å². The molecule has 1 saturated heterocycles. The van der Waals surface area contributed by atoms with Gasteiger partial charge in [-0.05, 0) is 66.6 Å². The smallest absolute Gasteiger partial charge is 0.257 e. The molecule has 2 heterocycles. The molecule has 0 saturated carbocycles. The first-order valence-electron chi connectivity index (χ1n) is 9.87. The number of amides is 1. The van der Waals surface area contributed by atoms with Crippen molar-refractivity contribution in [3.05, 3.63) is 59.3 Å². The lowest BCUT2D eigenvalue weighted by atomic mass is 9.89. The number of hydrogen-bond donors (Lipinski definition) is 2. The Morgan fingerprint density at radius 2 is 2.00 bits per heavy atom. The van der Waals surface area contributed by atoms with Crippen molar-refractivity contribution < 1.29 is 14.6 Å². The lowest BCUT2D eigenvalue weighted by Gasteiger charge is -2.32. The van der Waals surface area contributed by atoms with Crippen LogP contribution in [0.1, 0.15) is 47.2 Å². The number of carbonyl (C=O) groups excluding carboxylic acids is 1. The number of aromatic hydroxyl groups is 1. The van der Waals surface area contributed by atoms with Gasteiger partial charge in [-0.25, -0.2) is 0 Å². The molecule has 2 aromatic carbocycles. The molecule has 5 nitrogen and oxygen atoms in total. The predicted octanol–water partition coefficient (Wildman–Crippen LogP) is 4.46. The highest BCUT2D eigenvalue weighted by molar-refractivity contribution is 5.97. The zero-order chi connectivity index (χ0) is 19.7. The van der Waals surface area contributed by atoms with E-state index < -0.39 is 0 Å². The molecule has 5 heteroatoms. The minimum Gasteiger partial charge on any atom is -0.507 e. The number of hydrogen-bond acceptors (Lipinski definition) is 3. The Labute approximate surface area is 164 Å². The first-order chi connectivity index (χ1) is 13.6. The SMILES string of the molecule is CCc1ccc(O)c(C(=O)N2CCC(c3c[nH]c4ccc(OC)cc34)CC2)c1. The van der Waals surface area contributed by atoms with Gasteiger partial charge in [0.1, 0.15) is 11.5 Å². The van der Waals surface area contributed by atoms with Crippen LogP contribution in [-0.2, 0) is 6.42 Å². The Balaban J connectivity index is 1.50. The second-order valence-electron chi connectivity index (χ2n) is 7.43. The van der Waals surface area contributed by atoms with Gasteiger partial charge in [0.15, 0.2) is 0 Å². The number of H-pyrrole nitrogens is 1. The molecule has 0 bridgehead atoms. The molecule has 0 radical (unpaired) electrons. The normalized spacial score (nSPS) is 15.1. The summed E-state index contributed by atoms with van der Waals surface area (Å²) >= 11 is 0. The number of methoxy groups -OCH3 is 1. The number of benzene rings is 2. The van der Waals surface area contributed by atoms with E-state index in [2.05, 4.69) is 17.2 Å². The monoisotopic (exact) mass is 378 g/mol. The summed E-state index contributed by atoms with van der Waals surface area (Å²) in [5, 5.41) is 11.3. The molecule has 1 aliphatic rings. The summed E-state index contributed by atoms with van der Waals surface area (Å²) < 4.78 is 5.37. The summed E-state index contributed by atoms with van der Waals surface area (Å²) in [5.74, 6) is 1.24. The van der Waals surface area contributed by atoms with Gasteiger partial charge < -0.3 is 19.7 Å². The highest BCUT2D eigenvalue weighted by Gasteiger charge is 2.27. The Hall–Kier alpha value is -2.95. The number of aromatic amines is 1. The maximum atomic E-state index is 12.9. The zero-order valence-corrected chi connectivity index (χ0v) is 16.4. The largest absolute Gasteiger partial charge is 0.507 e. The summed E-state index contributed by atoms with van der Waals surface area (Å²) in [7, 11) is 1.68. The van der Waals surface area contributed by atoms with Crippen molar-refractivity contribution in [1.82, 2.24) is 9.88 Å². The van der Waals surface area contributed by atoms with E-state index in [1.54, 1.807) is 13.2 Å². The summed E-state index contributed by atoms with van der Waals surface area (Å²) in [6.07, 6.45) is 4.74. The van der Waals surface area contributed by atoms with Crippen molar-refractivity contribution in [3.63, 3.8) is 0 Å². The fraction of sp³-hybridized carbons (Fsp3) is 0.348. The van der Waals surface area contributed by atoms with Gasteiger partial charge in [-0.1, -0.05) is 13.0 Å². The number of ether oxygens (including phenoxy) is 1. The topological polar surface area (TPSA) is 65.6 Å². The third-order valence-electron chi connectivity index (χ3n) is 5.84. The van der Waals surface area contributed by atoms with Crippen LogP contribution in [0.5, 0.6) is 11.5 Å². The minimum atomic E-state index is -0.0770. The molecule has 1 fully saturated rings. The molecule has 146 valence electrons. The summed E-state index contributed by atoms with van der Waals surface area (Å²) in [5.41, 5.74) is 3.87. The van der Waals surface area contributed by atoms with E-state index in [0.29, 0.717) is 24.6 Å². The quantitative estimate of drug-likeness (QED) is 0.704. The van der Waals surface area contributed by atoms with Crippen molar-refractivity contribution in [2.24, 2.45) is 0 Å². The predicted molar refractivity (Wildman–Crippen MR) is 110 cm³/mol. The molecule has 1 aromatic heterocycles. The molecule has 2 N–H and O–H groups in total. The first kappa shape index (κ1) is 18.4. The number of phenols is 1. The number of likely N-dealkylation sites (tertiary alicyclic amines) is 1. The zero-order valence-electron chi connectivity index (χ0n) is 16.4. The van der Waals surface area contributed by atoms with Crippen LogP contribution in [-0.4, -0.2) is 41.1 Å². The number of aryl methyl sites for hydroxylation is 1. The third kappa shape index (κ3) is 3.33. The second kappa shape index (κ2) is 7.58. The van der Waals surface area contributed by atoms with E-state index in [0.717, 1.165) is 36.1 Å². The van der Waals surface area contributed by atoms with E-state index in [-0.39, 0.29) is 11.7 Å². The molecular weight excluding hydrogens is 352 g/mol. The fourth-order valence-corrected chi connectivity index (χ4v) is 4.12. The number of fused-ring (bicyclic) bond motifs is 1. The van der Waals surface area contributed by atoms with Crippen LogP contribution in [0.15, 0.2) is 42.6 Å². The highest BCUT2D eigenvalue weighted by atomic mass is 16.5. The van der Waals surface area contributed by atoms with Crippen molar-refractivity contribution in [2.45, 2.75) is 32.1 Å². The van der Waals surface area contributed by atoms with Crippen LogP contribution in [0.4, 0.5) is 0 Å². The Morgan fingerprint density at radius 1 is 1.21 bits per heavy atom. The van der Waals surface area contributed by atoms with Crippen LogP contribution in [0.3, 0.4) is 0 Å². The van der Waals surface area contributed by atoms with Gasteiger partial charge in [-0.2, -0.15) is 0 Å². The molecule has 1 amide bonds. The van der Waals surface area contributed by atoms with Gasteiger partial charge in [-0.3, -0.25) is 4.79 Å². The van der Waals surface area contributed by atoms with Gasteiger partial charge >= 0.3 is 0 Å². The van der Waals surface area contributed by atoms with Crippen molar-refractivity contribution in [3.8, 4) is 11.5 Å².